The lowest BCUT2D eigenvalue weighted by molar-refractivity contribution is -0.135. The van der Waals surface area contributed by atoms with Gasteiger partial charge in [-0.3, -0.25) is 4.79 Å². The second kappa shape index (κ2) is 7.93. The van der Waals surface area contributed by atoms with Crippen molar-refractivity contribution in [3.8, 4) is 0 Å². The van der Waals surface area contributed by atoms with Crippen LogP contribution < -0.4 is 0 Å². The molecule has 23 heavy (non-hydrogen) atoms. The Kier molecular flexibility index (Phi) is 5.43. The van der Waals surface area contributed by atoms with Gasteiger partial charge in [-0.15, -0.1) is 0 Å². The third kappa shape index (κ3) is 4.20. The molecule has 3 nitrogen and oxygen atoms in total. The highest BCUT2D eigenvalue weighted by molar-refractivity contribution is 5.76. The highest BCUT2D eigenvalue weighted by Crippen LogP contribution is 2.29. The highest BCUT2D eigenvalue weighted by atomic mass is 16.5. The van der Waals surface area contributed by atoms with Crippen LogP contribution in [0.25, 0.3) is 0 Å². The monoisotopic (exact) mass is 309 g/mol. The summed E-state index contributed by atoms with van der Waals surface area (Å²) in [6, 6.07) is 20.9. The van der Waals surface area contributed by atoms with Gasteiger partial charge >= 0.3 is 0 Å². The predicted molar refractivity (Wildman–Crippen MR) is 91.4 cm³/mol. The number of amides is 1. The van der Waals surface area contributed by atoms with Crippen molar-refractivity contribution in [3.63, 3.8) is 0 Å². The summed E-state index contributed by atoms with van der Waals surface area (Å²) in [6.07, 6.45) is 1.42. The summed E-state index contributed by atoms with van der Waals surface area (Å²) in [7, 11) is 0. The van der Waals surface area contributed by atoms with Crippen LogP contribution in [-0.4, -0.2) is 37.1 Å². The Morgan fingerprint density at radius 2 is 1.43 bits per heavy atom. The van der Waals surface area contributed by atoms with E-state index in [0.29, 0.717) is 19.6 Å². The smallest absolute Gasteiger partial charge is 0.222 e. The number of ether oxygens (including phenoxy) is 1. The van der Waals surface area contributed by atoms with E-state index in [1.165, 1.54) is 11.1 Å². The van der Waals surface area contributed by atoms with Crippen molar-refractivity contribution in [3.05, 3.63) is 71.8 Å². The van der Waals surface area contributed by atoms with Crippen LogP contribution in [0.1, 0.15) is 29.9 Å². The molecule has 1 heterocycles. The first-order valence-corrected chi connectivity index (χ1v) is 8.30. The Labute approximate surface area is 137 Å². The van der Waals surface area contributed by atoms with Crippen LogP contribution in [0, 0.1) is 0 Å². The van der Waals surface area contributed by atoms with E-state index in [1.54, 1.807) is 0 Å². The molecule has 3 heteroatoms. The molecular formula is C20H23NO2. The molecule has 1 saturated heterocycles. The Balaban J connectivity index is 1.70. The van der Waals surface area contributed by atoms with Gasteiger partial charge in [-0.2, -0.15) is 0 Å². The molecule has 0 radical (unpaired) electrons. The molecule has 0 N–H and O–H groups in total. The molecule has 0 aromatic heterocycles. The molecule has 0 unspecified atom stereocenters. The Bertz CT molecular complexity index is 567. The maximum atomic E-state index is 12.4. The molecule has 0 aliphatic carbocycles. The summed E-state index contributed by atoms with van der Waals surface area (Å²) >= 11 is 0. The van der Waals surface area contributed by atoms with Crippen molar-refractivity contribution in [2.45, 2.75) is 18.8 Å². The van der Waals surface area contributed by atoms with Crippen LogP contribution in [0.15, 0.2) is 60.7 Å². The first-order chi connectivity index (χ1) is 11.3. The van der Waals surface area contributed by atoms with E-state index < -0.39 is 0 Å². The first kappa shape index (κ1) is 15.8. The minimum atomic E-state index is 0.241. The summed E-state index contributed by atoms with van der Waals surface area (Å²) in [5.74, 6) is 0.507. The zero-order chi connectivity index (χ0) is 15.9. The molecule has 0 atom stereocenters. The van der Waals surface area contributed by atoms with Crippen LogP contribution in [-0.2, 0) is 9.53 Å². The van der Waals surface area contributed by atoms with E-state index in [0.717, 1.165) is 19.5 Å². The largest absolute Gasteiger partial charge is 0.378 e. The highest BCUT2D eigenvalue weighted by Gasteiger charge is 2.20. The second-order valence-electron chi connectivity index (χ2n) is 5.91. The summed E-state index contributed by atoms with van der Waals surface area (Å²) in [5.41, 5.74) is 2.54. The predicted octanol–water partition coefficient (Wildman–Crippen LogP) is 3.46. The van der Waals surface area contributed by atoms with Gasteiger partial charge in [0.15, 0.2) is 0 Å². The molecule has 0 spiro atoms. The third-order valence-electron chi connectivity index (χ3n) is 4.41. The Morgan fingerprint density at radius 1 is 0.913 bits per heavy atom. The van der Waals surface area contributed by atoms with Crippen LogP contribution in [0.2, 0.25) is 0 Å². The molecule has 2 aromatic carbocycles. The van der Waals surface area contributed by atoms with E-state index in [9.17, 15) is 4.79 Å². The SMILES string of the molecule is O=C(CCC(c1ccccc1)c1ccccc1)N1CCOCC1. The van der Waals surface area contributed by atoms with Crippen molar-refractivity contribution in [1.29, 1.82) is 0 Å². The van der Waals surface area contributed by atoms with E-state index in [-0.39, 0.29) is 11.8 Å². The van der Waals surface area contributed by atoms with E-state index in [1.807, 2.05) is 17.0 Å². The first-order valence-electron chi connectivity index (χ1n) is 8.30. The van der Waals surface area contributed by atoms with Gasteiger partial charge in [0.1, 0.15) is 0 Å². The van der Waals surface area contributed by atoms with Crippen LogP contribution in [0.3, 0.4) is 0 Å². The molecule has 1 amide bonds. The van der Waals surface area contributed by atoms with Gasteiger partial charge in [0.25, 0.3) is 0 Å². The van der Waals surface area contributed by atoms with Crippen molar-refractivity contribution >= 4 is 5.91 Å². The standard InChI is InChI=1S/C20H23NO2/c22-20(21-13-15-23-16-14-21)12-11-19(17-7-3-1-4-8-17)18-9-5-2-6-10-18/h1-10,19H,11-16H2. The molecule has 2 aromatic rings. The Hall–Kier alpha value is -2.13. The fourth-order valence-electron chi connectivity index (χ4n) is 3.14. The second-order valence-corrected chi connectivity index (χ2v) is 5.91. The van der Waals surface area contributed by atoms with Crippen LogP contribution >= 0.6 is 0 Å². The minimum Gasteiger partial charge on any atom is -0.378 e. The minimum absolute atomic E-state index is 0.241. The van der Waals surface area contributed by atoms with Crippen molar-refractivity contribution in [2.24, 2.45) is 0 Å². The quantitative estimate of drug-likeness (QED) is 0.846. The molecule has 3 rings (SSSR count). The van der Waals surface area contributed by atoms with Gasteiger partial charge < -0.3 is 9.64 Å². The van der Waals surface area contributed by atoms with E-state index in [2.05, 4.69) is 48.5 Å². The van der Waals surface area contributed by atoms with E-state index in [4.69, 9.17) is 4.74 Å². The molecular weight excluding hydrogens is 286 g/mol. The molecule has 0 saturated carbocycles. The Morgan fingerprint density at radius 3 is 1.96 bits per heavy atom. The number of benzene rings is 2. The zero-order valence-corrected chi connectivity index (χ0v) is 13.4. The summed E-state index contributed by atoms with van der Waals surface area (Å²) in [4.78, 5) is 14.4. The van der Waals surface area contributed by atoms with Gasteiger partial charge in [0, 0.05) is 25.4 Å². The molecule has 0 bridgehead atoms. The fourth-order valence-corrected chi connectivity index (χ4v) is 3.14. The third-order valence-corrected chi connectivity index (χ3v) is 4.41. The number of rotatable bonds is 5. The molecule has 120 valence electrons. The van der Waals surface area contributed by atoms with Crippen molar-refractivity contribution < 1.29 is 9.53 Å². The lowest BCUT2D eigenvalue weighted by Gasteiger charge is -2.27. The van der Waals surface area contributed by atoms with Gasteiger partial charge in [-0.1, -0.05) is 60.7 Å². The lowest BCUT2D eigenvalue weighted by Crippen LogP contribution is -2.40. The number of carbonyl (C=O) groups is 1. The van der Waals surface area contributed by atoms with Crippen LogP contribution in [0.4, 0.5) is 0 Å². The number of nitrogens with zero attached hydrogens (tertiary/aromatic N) is 1. The summed E-state index contributed by atoms with van der Waals surface area (Å²) in [6.45, 7) is 2.76. The molecule has 1 fully saturated rings. The number of hydrogen-bond donors (Lipinski definition) is 0. The normalized spacial score (nSPS) is 14.9. The number of carbonyl (C=O) groups excluding carboxylic acids is 1. The maximum Gasteiger partial charge on any atom is 0.222 e. The average molecular weight is 309 g/mol. The van der Waals surface area contributed by atoms with E-state index >= 15 is 0 Å². The fraction of sp³-hybridized carbons (Fsp3) is 0.350. The van der Waals surface area contributed by atoms with Crippen molar-refractivity contribution in [2.75, 3.05) is 26.3 Å². The van der Waals surface area contributed by atoms with Gasteiger partial charge in [-0.05, 0) is 17.5 Å². The van der Waals surface area contributed by atoms with Gasteiger partial charge in [-0.25, -0.2) is 0 Å². The molecule has 1 aliphatic rings. The van der Waals surface area contributed by atoms with Crippen LogP contribution in [0.5, 0.6) is 0 Å². The molecule has 1 aliphatic heterocycles. The number of morpholine rings is 1. The maximum absolute atomic E-state index is 12.4. The summed E-state index contributed by atoms with van der Waals surface area (Å²) < 4.78 is 5.32. The topological polar surface area (TPSA) is 29.5 Å². The number of hydrogen-bond acceptors (Lipinski definition) is 2. The summed E-state index contributed by atoms with van der Waals surface area (Å²) in [5, 5.41) is 0. The van der Waals surface area contributed by atoms with Gasteiger partial charge in [0.2, 0.25) is 5.91 Å². The zero-order valence-electron chi connectivity index (χ0n) is 13.4. The lowest BCUT2D eigenvalue weighted by atomic mass is 9.87. The van der Waals surface area contributed by atoms with Gasteiger partial charge in [0.05, 0.1) is 13.2 Å². The average Bonchev–Trinajstić information content (AvgIpc) is 2.64. The van der Waals surface area contributed by atoms with Crippen molar-refractivity contribution in [1.82, 2.24) is 4.90 Å².